The number of hydrogen-bond donors (Lipinski definition) is 1. The second kappa shape index (κ2) is 11.8. The molecule has 1 aliphatic carbocycles. The standard InChI is InChI=1S/C32H29ClN4O3S/c1-19-13-20(2)24(14-22(19)18-41-17-21-7-4-3-5-8-21)30-25(16-34)32(35)36(27-9-6-10-29(38)31(27)30)26-12-11-23(33)15-28(26)37(39)40/h3-5,7-8,11-15,30H,6,9-10,17-18,35H2,1-2H3. The molecule has 0 aromatic heterocycles. The molecule has 1 atom stereocenters. The van der Waals surface area contributed by atoms with Crippen LogP contribution in [0.3, 0.4) is 0 Å². The van der Waals surface area contributed by atoms with E-state index in [1.165, 1.54) is 22.6 Å². The van der Waals surface area contributed by atoms with Crippen molar-refractivity contribution in [2.75, 3.05) is 4.90 Å². The van der Waals surface area contributed by atoms with Crippen LogP contribution in [-0.4, -0.2) is 10.7 Å². The number of anilines is 1. The van der Waals surface area contributed by atoms with Crippen LogP contribution in [0.5, 0.6) is 0 Å². The van der Waals surface area contributed by atoms with Gasteiger partial charge in [0.05, 0.1) is 22.5 Å². The molecule has 3 aromatic carbocycles. The Morgan fingerprint density at radius 2 is 1.85 bits per heavy atom. The van der Waals surface area contributed by atoms with E-state index in [4.69, 9.17) is 17.3 Å². The maximum Gasteiger partial charge on any atom is 0.294 e. The molecule has 0 radical (unpaired) electrons. The van der Waals surface area contributed by atoms with E-state index in [2.05, 4.69) is 37.3 Å². The Kier molecular flexibility index (Phi) is 8.20. The number of rotatable bonds is 7. The maximum atomic E-state index is 13.6. The number of thioether (sulfide) groups is 1. The van der Waals surface area contributed by atoms with Crippen LogP contribution in [-0.2, 0) is 16.3 Å². The molecule has 0 saturated heterocycles. The maximum absolute atomic E-state index is 13.6. The van der Waals surface area contributed by atoms with Crippen molar-refractivity contribution in [1.29, 1.82) is 5.26 Å². The molecule has 1 heterocycles. The van der Waals surface area contributed by atoms with Crippen molar-refractivity contribution in [2.45, 2.75) is 50.5 Å². The van der Waals surface area contributed by atoms with Crippen molar-refractivity contribution in [3.63, 3.8) is 0 Å². The Morgan fingerprint density at radius 3 is 2.56 bits per heavy atom. The SMILES string of the molecule is Cc1cc(C)c(C2C(C#N)=C(N)N(c3ccc(Cl)cc3[N+](=O)[O-])C3=C2C(=O)CCC3)cc1CSCc1ccccc1. The van der Waals surface area contributed by atoms with Crippen LogP contribution in [0.15, 0.2) is 83.3 Å². The number of nitro benzene ring substituents is 1. The number of nitrogens with two attached hydrogens (primary N) is 1. The highest BCUT2D eigenvalue weighted by Crippen LogP contribution is 2.49. The van der Waals surface area contributed by atoms with E-state index in [1.807, 2.05) is 25.1 Å². The first kappa shape index (κ1) is 28.5. The molecule has 2 N–H and O–H groups in total. The summed E-state index contributed by atoms with van der Waals surface area (Å²) in [6.45, 7) is 4.06. The molecule has 0 spiro atoms. The Morgan fingerprint density at radius 1 is 1.10 bits per heavy atom. The smallest absolute Gasteiger partial charge is 0.294 e. The quantitative estimate of drug-likeness (QED) is 0.224. The topological polar surface area (TPSA) is 113 Å². The average molecular weight is 585 g/mol. The van der Waals surface area contributed by atoms with Crippen molar-refractivity contribution >= 4 is 40.5 Å². The summed E-state index contributed by atoms with van der Waals surface area (Å²) in [5.74, 6) is 1.01. The predicted octanol–water partition coefficient (Wildman–Crippen LogP) is 7.60. The fourth-order valence-electron chi connectivity index (χ4n) is 5.74. The lowest BCUT2D eigenvalue weighted by Crippen LogP contribution is -2.39. The molecule has 208 valence electrons. The van der Waals surface area contributed by atoms with Crippen LogP contribution >= 0.6 is 23.4 Å². The van der Waals surface area contributed by atoms with Crippen molar-refractivity contribution in [3.05, 3.63) is 126 Å². The number of hydrogen-bond acceptors (Lipinski definition) is 7. The molecular weight excluding hydrogens is 556 g/mol. The van der Waals surface area contributed by atoms with Crippen LogP contribution in [0.25, 0.3) is 0 Å². The zero-order valence-electron chi connectivity index (χ0n) is 22.8. The molecule has 9 heteroatoms. The first-order valence-corrected chi connectivity index (χ1v) is 14.9. The summed E-state index contributed by atoms with van der Waals surface area (Å²) in [7, 11) is 0. The summed E-state index contributed by atoms with van der Waals surface area (Å²) in [5.41, 5.74) is 13.3. The van der Waals surface area contributed by atoms with Gasteiger partial charge in [-0.1, -0.05) is 54.1 Å². The number of carbonyl (C=O) groups excluding carboxylic acids is 1. The van der Waals surface area contributed by atoms with E-state index >= 15 is 0 Å². The number of Topliss-reactive ketones (excluding diaryl/α,β-unsaturated/α-hetero) is 1. The average Bonchev–Trinajstić information content (AvgIpc) is 2.95. The first-order chi connectivity index (χ1) is 19.7. The minimum absolute atomic E-state index is 0.0712. The number of ketones is 1. The summed E-state index contributed by atoms with van der Waals surface area (Å²) in [5, 5.41) is 22.6. The molecule has 5 rings (SSSR count). The molecule has 1 aliphatic heterocycles. The number of aryl methyl sites for hydroxylation is 2. The van der Waals surface area contributed by atoms with Gasteiger partial charge in [-0.3, -0.25) is 19.8 Å². The van der Waals surface area contributed by atoms with E-state index in [9.17, 15) is 20.2 Å². The Balaban J connectivity index is 1.62. The number of halogens is 1. The monoisotopic (exact) mass is 584 g/mol. The summed E-state index contributed by atoms with van der Waals surface area (Å²) in [4.78, 5) is 26.6. The molecule has 41 heavy (non-hydrogen) atoms. The van der Waals surface area contributed by atoms with E-state index in [0.29, 0.717) is 30.5 Å². The number of nitrogens with zero attached hydrogens (tertiary/aromatic N) is 3. The Labute approximate surface area is 248 Å². The molecule has 3 aromatic rings. The van der Waals surface area contributed by atoms with Crippen molar-refractivity contribution in [3.8, 4) is 6.07 Å². The summed E-state index contributed by atoms with van der Waals surface area (Å²) < 4.78 is 0. The van der Waals surface area contributed by atoms with Crippen LogP contribution in [0.2, 0.25) is 5.02 Å². The second-order valence-corrected chi connectivity index (χ2v) is 11.7. The molecule has 1 unspecified atom stereocenters. The molecule has 7 nitrogen and oxygen atoms in total. The first-order valence-electron chi connectivity index (χ1n) is 13.3. The predicted molar refractivity (Wildman–Crippen MR) is 163 cm³/mol. The molecular formula is C32H29ClN4O3S. The number of nitro groups is 1. The largest absolute Gasteiger partial charge is 0.384 e. The fourth-order valence-corrected chi connectivity index (χ4v) is 6.97. The highest BCUT2D eigenvalue weighted by molar-refractivity contribution is 7.97. The molecule has 0 bridgehead atoms. The molecule has 0 amide bonds. The van der Waals surface area contributed by atoms with Crippen molar-refractivity contribution < 1.29 is 9.72 Å². The van der Waals surface area contributed by atoms with Crippen LogP contribution < -0.4 is 10.6 Å². The summed E-state index contributed by atoms with van der Waals surface area (Å²) in [6.07, 6.45) is 1.43. The minimum Gasteiger partial charge on any atom is -0.384 e. The van der Waals surface area contributed by atoms with E-state index in [1.54, 1.807) is 17.8 Å². The number of allylic oxidation sites excluding steroid dienone is 3. The lowest BCUT2D eigenvalue weighted by atomic mass is 9.74. The molecule has 0 fully saturated rings. The van der Waals surface area contributed by atoms with Gasteiger partial charge in [-0.15, -0.1) is 0 Å². The number of benzene rings is 3. The zero-order chi connectivity index (χ0) is 29.3. The number of nitriles is 1. The van der Waals surface area contributed by atoms with E-state index < -0.39 is 10.8 Å². The highest BCUT2D eigenvalue weighted by atomic mass is 35.5. The Bertz CT molecular complexity index is 1660. The Hall–Kier alpha value is -4.06. The van der Waals surface area contributed by atoms with E-state index in [-0.39, 0.29) is 33.6 Å². The number of carbonyl (C=O) groups is 1. The van der Waals surface area contributed by atoms with E-state index in [0.717, 1.165) is 33.8 Å². The van der Waals surface area contributed by atoms with Gasteiger partial charge < -0.3 is 5.73 Å². The lowest BCUT2D eigenvalue weighted by Gasteiger charge is -2.39. The van der Waals surface area contributed by atoms with Gasteiger partial charge in [0.2, 0.25) is 0 Å². The lowest BCUT2D eigenvalue weighted by molar-refractivity contribution is -0.384. The summed E-state index contributed by atoms with van der Waals surface area (Å²) >= 11 is 7.89. The van der Waals surface area contributed by atoms with Crippen LogP contribution in [0, 0.1) is 35.3 Å². The van der Waals surface area contributed by atoms with Gasteiger partial charge >= 0.3 is 0 Å². The zero-order valence-corrected chi connectivity index (χ0v) is 24.4. The van der Waals surface area contributed by atoms with Gasteiger partial charge in [0.25, 0.3) is 5.69 Å². The third-order valence-corrected chi connectivity index (χ3v) is 8.98. The highest BCUT2D eigenvalue weighted by Gasteiger charge is 2.42. The molecule has 2 aliphatic rings. The van der Waals surface area contributed by atoms with Crippen molar-refractivity contribution in [2.24, 2.45) is 5.73 Å². The minimum atomic E-state index is -0.649. The molecule has 0 saturated carbocycles. The second-order valence-electron chi connectivity index (χ2n) is 10.3. The third kappa shape index (κ3) is 5.48. The normalized spacial score (nSPS) is 17.0. The van der Waals surface area contributed by atoms with Gasteiger partial charge in [0.15, 0.2) is 5.78 Å². The van der Waals surface area contributed by atoms with Gasteiger partial charge in [-0.05, 0) is 66.6 Å². The summed E-state index contributed by atoms with van der Waals surface area (Å²) in [6, 6.07) is 21.1. The van der Waals surface area contributed by atoms with Gasteiger partial charge in [0.1, 0.15) is 11.5 Å². The van der Waals surface area contributed by atoms with Crippen LogP contribution in [0.1, 0.15) is 53.0 Å². The van der Waals surface area contributed by atoms with Gasteiger partial charge in [0, 0.05) is 40.3 Å². The van der Waals surface area contributed by atoms with Crippen molar-refractivity contribution in [1.82, 2.24) is 0 Å². The van der Waals surface area contributed by atoms with Crippen LogP contribution in [0.4, 0.5) is 11.4 Å². The van der Waals surface area contributed by atoms with Gasteiger partial charge in [-0.25, -0.2) is 0 Å². The fraction of sp³-hybridized carbons (Fsp3) is 0.250. The van der Waals surface area contributed by atoms with Gasteiger partial charge in [-0.2, -0.15) is 17.0 Å². The third-order valence-electron chi connectivity index (χ3n) is 7.69.